The smallest absolute Gasteiger partial charge is 0.308 e. The van der Waals surface area contributed by atoms with Crippen LogP contribution < -0.4 is 5.32 Å². The summed E-state index contributed by atoms with van der Waals surface area (Å²) in [6.07, 6.45) is 2.80. The number of ether oxygens (including phenoxy) is 1. The number of hydrogen-bond donors (Lipinski definition) is 1. The molecule has 1 N–H and O–H groups in total. The molecule has 1 unspecified atom stereocenters. The first-order chi connectivity index (χ1) is 11.7. The predicted octanol–water partition coefficient (Wildman–Crippen LogP) is 2.79. The van der Waals surface area contributed by atoms with Gasteiger partial charge in [0.1, 0.15) is 0 Å². The van der Waals surface area contributed by atoms with Gasteiger partial charge < -0.3 is 15.0 Å². The second-order valence-electron chi connectivity index (χ2n) is 6.58. The Morgan fingerprint density at radius 2 is 2.04 bits per heavy atom. The molecule has 6 heteroatoms. The normalized spacial score (nSPS) is 20.2. The van der Waals surface area contributed by atoms with E-state index in [1.807, 2.05) is 0 Å². The quantitative estimate of drug-likeness (QED) is 0.327. The van der Waals surface area contributed by atoms with E-state index in [9.17, 15) is 4.79 Å². The summed E-state index contributed by atoms with van der Waals surface area (Å²) in [5.41, 5.74) is 2.91. The average molecular weight is 457 g/mol. The van der Waals surface area contributed by atoms with Crippen LogP contribution in [-0.2, 0) is 16.0 Å². The fourth-order valence-electron chi connectivity index (χ4n) is 3.64. The van der Waals surface area contributed by atoms with Gasteiger partial charge in [-0.05, 0) is 37.3 Å². The van der Waals surface area contributed by atoms with Gasteiger partial charge in [-0.1, -0.05) is 24.3 Å². The van der Waals surface area contributed by atoms with E-state index in [0.717, 1.165) is 51.4 Å². The second-order valence-corrected chi connectivity index (χ2v) is 6.58. The zero-order valence-corrected chi connectivity index (χ0v) is 17.4. The van der Waals surface area contributed by atoms with E-state index in [1.165, 1.54) is 18.2 Å². The summed E-state index contributed by atoms with van der Waals surface area (Å²) in [5, 5.41) is 3.40. The SMILES string of the molecule is CCNC(=NCC1Cc2ccccc21)N1CCC(C(=O)OC)CC1.I. The molecule has 1 aromatic carbocycles. The van der Waals surface area contributed by atoms with Crippen molar-refractivity contribution in [1.82, 2.24) is 10.2 Å². The molecule has 25 heavy (non-hydrogen) atoms. The molecule has 1 aromatic rings. The van der Waals surface area contributed by atoms with Gasteiger partial charge in [-0.25, -0.2) is 0 Å². The van der Waals surface area contributed by atoms with Crippen LogP contribution in [0.15, 0.2) is 29.3 Å². The molecule has 0 amide bonds. The number of halogens is 1. The van der Waals surface area contributed by atoms with Gasteiger partial charge in [0.2, 0.25) is 0 Å². The molecule has 0 aromatic heterocycles. The van der Waals surface area contributed by atoms with Gasteiger partial charge in [-0.15, -0.1) is 24.0 Å². The van der Waals surface area contributed by atoms with E-state index in [-0.39, 0.29) is 35.9 Å². The molecule has 0 radical (unpaired) electrons. The van der Waals surface area contributed by atoms with Gasteiger partial charge in [0.25, 0.3) is 0 Å². The van der Waals surface area contributed by atoms with E-state index in [0.29, 0.717) is 5.92 Å². The number of carbonyl (C=O) groups excluding carboxylic acids is 1. The van der Waals surface area contributed by atoms with Crippen molar-refractivity contribution < 1.29 is 9.53 Å². The molecule has 0 saturated carbocycles. The van der Waals surface area contributed by atoms with Crippen LogP contribution in [0, 0.1) is 5.92 Å². The lowest BCUT2D eigenvalue weighted by Gasteiger charge is -2.34. The number of hydrogen-bond acceptors (Lipinski definition) is 3. The van der Waals surface area contributed by atoms with E-state index >= 15 is 0 Å². The van der Waals surface area contributed by atoms with E-state index in [4.69, 9.17) is 9.73 Å². The Bertz CT molecular complexity index is 612. The summed E-state index contributed by atoms with van der Waals surface area (Å²) < 4.78 is 4.86. The third-order valence-electron chi connectivity index (χ3n) is 5.09. The molecule has 5 nitrogen and oxygen atoms in total. The number of nitrogens with one attached hydrogen (secondary N) is 1. The third kappa shape index (κ3) is 4.65. The maximum atomic E-state index is 11.7. The first-order valence-corrected chi connectivity index (χ1v) is 8.91. The number of aliphatic imine (C=N–C) groups is 1. The minimum Gasteiger partial charge on any atom is -0.469 e. The van der Waals surface area contributed by atoms with Gasteiger partial charge in [0.05, 0.1) is 13.0 Å². The van der Waals surface area contributed by atoms with Crippen molar-refractivity contribution in [2.45, 2.75) is 32.1 Å². The lowest BCUT2D eigenvalue weighted by atomic mass is 9.78. The van der Waals surface area contributed by atoms with Gasteiger partial charge in [0, 0.05) is 32.1 Å². The number of carbonyl (C=O) groups is 1. The molecule has 1 heterocycles. The van der Waals surface area contributed by atoms with Crippen LogP contribution in [0.2, 0.25) is 0 Å². The minimum absolute atomic E-state index is 0. The number of piperidine rings is 1. The lowest BCUT2D eigenvalue weighted by molar-refractivity contribution is -0.146. The summed E-state index contributed by atoms with van der Waals surface area (Å²) >= 11 is 0. The van der Waals surface area contributed by atoms with Crippen molar-refractivity contribution in [2.24, 2.45) is 10.9 Å². The Kier molecular flexibility index (Phi) is 7.53. The van der Waals surface area contributed by atoms with Crippen molar-refractivity contribution in [3.63, 3.8) is 0 Å². The summed E-state index contributed by atoms with van der Waals surface area (Å²) in [7, 11) is 1.47. The number of nitrogens with zero attached hydrogens (tertiary/aromatic N) is 2. The first kappa shape index (κ1) is 20.0. The number of esters is 1. The molecule has 1 atom stereocenters. The second kappa shape index (κ2) is 9.40. The summed E-state index contributed by atoms with van der Waals surface area (Å²) in [6, 6.07) is 8.64. The van der Waals surface area contributed by atoms with E-state index < -0.39 is 0 Å². The monoisotopic (exact) mass is 457 g/mol. The van der Waals surface area contributed by atoms with Gasteiger partial charge in [0.15, 0.2) is 5.96 Å². The van der Waals surface area contributed by atoms with E-state index in [1.54, 1.807) is 0 Å². The summed E-state index contributed by atoms with van der Waals surface area (Å²) in [4.78, 5) is 18.8. The van der Waals surface area contributed by atoms with Gasteiger partial charge in [-0.2, -0.15) is 0 Å². The van der Waals surface area contributed by atoms with Gasteiger partial charge in [-0.3, -0.25) is 9.79 Å². The van der Waals surface area contributed by atoms with Crippen LogP contribution in [0.3, 0.4) is 0 Å². The fourth-order valence-corrected chi connectivity index (χ4v) is 3.64. The van der Waals surface area contributed by atoms with Crippen molar-refractivity contribution in [1.29, 1.82) is 0 Å². The summed E-state index contributed by atoms with van der Waals surface area (Å²) in [5.74, 6) is 1.47. The number of fused-ring (bicyclic) bond motifs is 1. The van der Waals surface area contributed by atoms with Crippen molar-refractivity contribution in [2.75, 3.05) is 33.3 Å². The van der Waals surface area contributed by atoms with Crippen molar-refractivity contribution in [3.8, 4) is 0 Å². The standard InChI is InChI=1S/C19H27N3O2.HI/c1-3-20-19(22-10-8-14(9-11-22)18(23)24-2)21-13-16-12-15-6-4-5-7-17(15)16;/h4-7,14,16H,3,8-13H2,1-2H3,(H,20,21);1H. The number of benzene rings is 1. The molecule has 1 saturated heterocycles. The van der Waals surface area contributed by atoms with Gasteiger partial charge >= 0.3 is 5.97 Å². The van der Waals surface area contributed by atoms with Crippen LogP contribution in [0.1, 0.15) is 36.8 Å². The molecule has 1 fully saturated rings. The molecule has 3 rings (SSSR count). The zero-order valence-electron chi connectivity index (χ0n) is 15.0. The highest BCUT2D eigenvalue weighted by atomic mass is 127. The molecule has 138 valence electrons. The van der Waals surface area contributed by atoms with Crippen molar-refractivity contribution in [3.05, 3.63) is 35.4 Å². The third-order valence-corrected chi connectivity index (χ3v) is 5.09. The number of guanidine groups is 1. The number of methoxy groups -OCH3 is 1. The molecular weight excluding hydrogens is 429 g/mol. The van der Waals surface area contributed by atoms with Crippen LogP contribution in [0.4, 0.5) is 0 Å². The molecule has 1 aliphatic heterocycles. The maximum Gasteiger partial charge on any atom is 0.308 e. The largest absolute Gasteiger partial charge is 0.469 e. The Morgan fingerprint density at radius 3 is 2.68 bits per heavy atom. The Morgan fingerprint density at radius 1 is 1.32 bits per heavy atom. The predicted molar refractivity (Wildman–Crippen MR) is 111 cm³/mol. The molecule has 0 spiro atoms. The minimum atomic E-state index is -0.0809. The first-order valence-electron chi connectivity index (χ1n) is 8.91. The molecular formula is C19H28IN3O2. The topological polar surface area (TPSA) is 53.9 Å². The van der Waals surface area contributed by atoms with Crippen LogP contribution in [0.5, 0.6) is 0 Å². The molecule has 2 aliphatic rings. The van der Waals surface area contributed by atoms with Crippen LogP contribution in [0.25, 0.3) is 0 Å². The number of likely N-dealkylation sites (tertiary alicyclic amines) is 1. The highest BCUT2D eigenvalue weighted by Crippen LogP contribution is 2.34. The Hall–Kier alpha value is -1.31. The van der Waals surface area contributed by atoms with Crippen LogP contribution >= 0.6 is 24.0 Å². The highest BCUT2D eigenvalue weighted by Gasteiger charge is 2.28. The lowest BCUT2D eigenvalue weighted by Crippen LogP contribution is -2.47. The average Bonchev–Trinajstić information content (AvgIpc) is 2.61. The Labute approximate surface area is 167 Å². The molecule has 1 aliphatic carbocycles. The zero-order chi connectivity index (χ0) is 16.9. The number of rotatable bonds is 4. The van der Waals surface area contributed by atoms with E-state index in [2.05, 4.69) is 41.4 Å². The Balaban J connectivity index is 0.00000225. The van der Waals surface area contributed by atoms with Crippen LogP contribution in [-0.4, -0.2) is 50.1 Å². The maximum absolute atomic E-state index is 11.7. The summed E-state index contributed by atoms with van der Waals surface area (Å²) in [6.45, 7) is 5.49. The van der Waals surface area contributed by atoms with Crippen molar-refractivity contribution >= 4 is 35.9 Å². The fraction of sp³-hybridized carbons (Fsp3) is 0.579. The highest BCUT2D eigenvalue weighted by molar-refractivity contribution is 14.0. The molecule has 0 bridgehead atoms.